The normalized spacial score (nSPS) is 13.5. The number of benzene rings is 1. The summed E-state index contributed by atoms with van der Waals surface area (Å²) in [6.45, 7) is 6.52. The first-order chi connectivity index (χ1) is 11.4. The third-order valence-electron chi connectivity index (χ3n) is 3.91. The molecule has 0 aromatic heterocycles. The van der Waals surface area contributed by atoms with Crippen LogP contribution in [-0.4, -0.2) is 37.3 Å². The summed E-state index contributed by atoms with van der Waals surface area (Å²) in [5.74, 6) is 0.711. The molecule has 0 spiro atoms. The maximum absolute atomic E-state index is 12.1. The Kier molecular flexibility index (Phi) is 5.95. The number of Topliss-reactive ketones (excluding diaryl/α,β-unsaturated/α-hetero) is 1. The molecule has 1 aromatic rings. The van der Waals surface area contributed by atoms with Gasteiger partial charge in [-0.15, -0.1) is 0 Å². The van der Waals surface area contributed by atoms with Gasteiger partial charge in [-0.1, -0.05) is 13.8 Å². The average Bonchev–Trinajstić information content (AvgIpc) is 2.53. The Morgan fingerprint density at radius 2 is 2.08 bits per heavy atom. The van der Waals surface area contributed by atoms with Crippen LogP contribution in [0, 0.1) is 5.92 Å². The van der Waals surface area contributed by atoms with Crippen molar-refractivity contribution in [1.82, 2.24) is 5.32 Å². The van der Waals surface area contributed by atoms with E-state index in [0.29, 0.717) is 29.5 Å². The van der Waals surface area contributed by atoms with Crippen LogP contribution < -0.4 is 15.0 Å². The summed E-state index contributed by atoms with van der Waals surface area (Å²) in [7, 11) is 0. The van der Waals surface area contributed by atoms with Gasteiger partial charge in [0.05, 0.1) is 5.69 Å². The molecule has 1 N–H and O–H groups in total. The molecule has 1 heterocycles. The van der Waals surface area contributed by atoms with E-state index >= 15 is 0 Å². The summed E-state index contributed by atoms with van der Waals surface area (Å²) in [5, 5.41) is 2.86. The number of nitrogens with zero attached hydrogens (tertiary/aromatic N) is 1. The number of nitrogens with one attached hydrogen (secondary N) is 1. The molecule has 0 unspecified atom stereocenters. The van der Waals surface area contributed by atoms with Crippen molar-refractivity contribution in [2.45, 2.75) is 33.6 Å². The minimum absolute atomic E-state index is 0.0542. The number of hydrogen-bond donors (Lipinski definition) is 1. The molecule has 1 aliphatic heterocycles. The molecule has 2 rings (SSSR count). The van der Waals surface area contributed by atoms with Crippen LogP contribution in [0.15, 0.2) is 18.2 Å². The van der Waals surface area contributed by atoms with E-state index in [-0.39, 0.29) is 37.2 Å². The minimum atomic E-state index is -0.210. The van der Waals surface area contributed by atoms with Gasteiger partial charge in [0, 0.05) is 25.1 Å². The molecule has 0 aliphatic carbocycles. The van der Waals surface area contributed by atoms with Gasteiger partial charge in [0.25, 0.3) is 5.91 Å². The second-order valence-corrected chi connectivity index (χ2v) is 6.36. The molecule has 0 saturated carbocycles. The number of amides is 2. The van der Waals surface area contributed by atoms with Gasteiger partial charge in [-0.25, -0.2) is 0 Å². The van der Waals surface area contributed by atoms with Crippen molar-refractivity contribution in [3.05, 3.63) is 23.8 Å². The number of fused-ring (bicyclic) bond motifs is 1. The summed E-state index contributed by atoms with van der Waals surface area (Å²) < 4.78 is 5.40. The van der Waals surface area contributed by atoms with E-state index in [1.54, 1.807) is 18.2 Å². The van der Waals surface area contributed by atoms with E-state index in [1.165, 1.54) is 11.8 Å². The molecule has 0 fully saturated rings. The van der Waals surface area contributed by atoms with Crippen molar-refractivity contribution in [2.75, 3.05) is 24.6 Å². The van der Waals surface area contributed by atoms with Crippen molar-refractivity contribution in [3.63, 3.8) is 0 Å². The SMILES string of the molecule is CC(=O)c1ccc2c(c1)N(CCC(=O)NCCC(C)C)C(=O)CO2. The monoisotopic (exact) mass is 332 g/mol. The zero-order chi connectivity index (χ0) is 17.7. The highest BCUT2D eigenvalue weighted by atomic mass is 16.5. The molecule has 0 atom stereocenters. The van der Waals surface area contributed by atoms with Crippen LogP contribution in [0.3, 0.4) is 0 Å². The summed E-state index contributed by atoms with van der Waals surface area (Å²) in [5.41, 5.74) is 1.06. The fraction of sp³-hybridized carbons (Fsp3) is 0.500. The van der Waals surface area contributed by atoms with Gasteiger partial charge >= 0.3 is 0 Å². The maximum Gasteiger partial charge on any atom is 0.265 e. The second kappa shape index (κ2) is 7.95. The van der Waals surface area contributed by atoms with E-state index in [4.69, 9.17) is 4.74 Å². The molecule has 6 nitrogen and oxygen atoms in total. The Morgan fingerprint density at radius 3 is 2.75 bits per heavy atom. The smallest absolute Gasteiger partial charge is 0.265 e. The fourth-order valence-electron chi connectivity index (χ4n) is 2.47. The Labute approximate surface area is 142 Å². The molecule has 6 heteroatoms. The van der Waals surface area contributed by atoms with Crippen LogP contribution in [0.5, 0.6) is 5.75 Å². The first-order valence-corrected chi connectivity index (χ1v) is 8.23. The number of ketones is 1. The first-order valence-electron chi connectivity index (χ1n) is 8.23. The quantitative estimate of drug-likeness (QED) is 0.777. The van der Waals surface area contributed by atoms with Crippen molar-refractivity contribution < 1.29 is 19.1 Å². The van der Waals surface area contributed by atoms with Crippen LogP contribution in [0.4, 0.5) is 5.69 Å². The predicted molar refractivity (Wildman–Crippen MR) is 91.4 cm³/mol. The lowest BCUT2D eigenvalue weighted by molar-refractivity contribution is -0.122. The van der Waals surface area contributed by atoms with Gasteiger partial charge in [0.15, 0.2) is 12.4 Å². The summed E-state index contributed by atoms with van der Waals surface area (Å²) in [6, 6.07) is 5.01. The molecular formula is C18H24N2O4. The second-order valence-electron chi connectivity index (χ2n) is 6.36. The molecular weight excluding hydrogens is 308 g/mol. The summed E-state index contributed by atoms with van der Waals surface area (Å²) in [6.07, 6.45) is 1.14. The Bertz CT molecular complexity index is 640. The number of hydrogen-bond acceptors (Lipinski definition) is 4. The van der Waals surface area contributed by atoms with Crippen LogP contribution in [0.25, 0.3) is 0 Å². The number of carbonyl (C=O) groups is 3. The van der Waals surface area contributed by atoms with Crippen molar-refractivity contribution in [1.29, 1.82) is 0 Å². The predicted octanol–water partition coefficient (Wildman–Crippen LogP) is 2.17. The topological polar surface area (TPSA) is 75.7 Å². The highest BCUT2D eigenvalue weighted by Gasteiger charge is 2.26. The molecule has 0 saturated heterocycles. The summed E-state index contributed by atoms with van der Waals surface area (Å²) in [4.78, 5) is 37.1. The molecule has 1 aliphatic rings. The first kappa shape index (κ1) is 18.0. The summed E-state index contributed by atoms with van der Waals surface area (Å²) >= 11 is 0. The third-order valence-corrected chi connectivity index (χ3v) is 3.91. The van der Waals surface area contributed by atoms with E-state index in [1.807, 2.05) is 0 Å². The van der Waals surface area contributed by atoms with Gasteiger partial charge in [-0.3, -0.25) is 14.4 Å². The zero-order valence-electron chi connectivity index (χ0n) is 14.4. The molecule has 1 aromatic carbocycles. The van der Waals surface area contributed by atoms with Crippen LogP contribution in [0.2, 0.25) is 0 Å². The molecule has 24 heavy (non-hydrogen) atoms. The molecule has 0 radical (unpaired) electrons. The lowest BCUT2D eigenvalue weighted by Crippen LogP contribution is -2.41. The van der Waals surface area contributed by atoms with E-state index in [9.17, 15) is 14.4 Å². The van der Waals surface area contributed by atoms with E-state index in [2.05, 4.69) is 19.2 Å². The Balaban J connectivity index is 2.02. The van der Waals surface area contributed by atoms with Crippen LogP contribution in [-0.2, 0) is 9.59 Å². The van der Waals surface area contributed by atoms with Crippen molar-refractivity contribution >= 4 is 23.3 Å². The van der Waals surface area contributed by atoms with E-state index in [0.717, 1.165) is 6.42 Å². The highest BCUT2D eigenvalue weighted by molar-refractivity contribution is 6.01. The molecule has 2 amide bonds. The minimum Gasteiger partial charge on any atom is -0.482 e. The lowest BCUT2D eigenvalue weighted by Gasteiger charge is -2.29. The number of anilines is 1. The van der Waals surface area contributed by atoms with Gasteiger partial charge in [0.2, 0.25) is 5.91 Å². The van der Waals surface area contributed by atoms with Gasteiger partial charge < -0.3 is 15.0 Å². The molecule has 130 valence electrons. The van der Waals surface area contributed by atoms with Gasteiger partial charge in [-0.05, 0) is 37.5 Å². The van der Waals surface area contributed by atoms with Crippen LogP contribution in [0.1, 0.15) is 44.0 Å². The average molecular weight is 332 g/mol. The zero-order valence-corrected chi connectivity index (χ0v) is 14.4. The van der Waals surface area contributed by atoms with Gasteiger partial charge in [-0.2, -0.15) is 0 Å². The number of carbonyl (C=O) groups excluding carboxylic acids is 3. The van der Waals surface area contributed by atoms with Crippen molar-refractivity contribution in [3.8, 4) is 5.75 Å². The largest absolute Gasteiger partial charge is 0.482 e. The standard InChI is InChI=1S/C18H24N2O4/c1-12(2)6-8-19-17(22)7-9-20-15-10-14(13(3)21)4-5-16(15)24-11-18(20)23/h4-5,10,12H,6-9,11H2,1-3H3,(H,19,22). The third kappa shape index (κ3) is 4.57. The van der Waals surface area contributed by atoms with Crippen LogP contribution >= 0.6 is 0 Å². The van der Waals surface area contributed by atoms with Gasteiger partial charge in [0.1, 0.15) is 5.75 Å². The number of rotatable bonds is 7. The fourth-order valence-corrected chi connectivity index (χ4v) is 2.47. The van der Waals surface area contributed by atoms with E-state index < -0.39 is 0 Å². The Morgan fingerprint density at radius 1 is 1.33 bits per heavy atom. The molecule has 0 bridgehead atoms. The Hall–Kier alpha value is -2.37. The van der Waals surface area contributed by atoms with Crippen molar-refractivity contribution in [2.24, 2.45) is 5.92 Å². The highest BCUT2D eigenvalue weighted by Crippen LogP contribution is 2.33. The maximum atomic E-state index is 12.1. The lowest BCUT2D eigenvalue weighted by atomic mass is 10.1. The number of ether oxygens (including phenoxy) is 1.